The maximum Gasteiger partial charge on any atom is 0.408 e. The Hall–Kier alpha value is -4.56. The van der Waals surface area contributed by atoms with Crippen molar-refractivity contribution in [3.05, 3.63) is 66.0 Å². The second-order valence-electron chi connectivity index (χ2n) is 13.7. The first-order valence-electron chi connectivity index (χ1n) is 16.8. The fraction of sp³-hybridized carbons (Fsp3) is 0.556. The molecule has 6 N–H and O–H groups in total. The van der Waals surface area contributed by atoms with E-state index in [-0.39, 0.29) is 37.8 Å². The Morgan fingerprint density at radius 3 is 2.02 bits per heavy atom. The van der Waals surface area contributed by atoms with Crippen molar-refractivity contribution in [3.8, 4) is 0 Å². The molecule has 0 aliphatic carbocycles. The first-order chi connectivity index (χ1) is 23.5. The fourth-order valence-electron chi connectivity index (χ4n) is 4.90. The van der Waals surface area contributed by atoms with E-state index >= 15 is 0 Å². The maximum absolute atomic E-state index is 13.3. The lowest BCUT2D eigenvalue weighted by molar-refractivity contribution is -0.133. The normalized spacial score (nSPS) is 15.0. The van der Waals surface area contributed by atoms with E-state index in [1.54, 1.807) is 52.2 Å². The quantitative estimate of drug-likeness (QED) is 0.135. The van der Waals surface area contributed by atoms with Crippen molar-refractivity contribution in [1.29, 1.82) is 0 Å². The number of carbonyl (C=O) groups is 5. The molecule has 0 radical (unpaired) electrons. The number of ether oxygens (including phenoxy) is 2. The molecule has 0 unspecified atom stereocenters. The summed E-state index contributed by atoms with van der Waals surface area (Å²) in [6.07, 6.45) is 1.48. The van der Waals surface area contributed by atoms with Gasteiger partial charge in [0.2, 0.25) is 23.6 Å². The third-order valence-electron chi connectivity index (χ3n) is 7.69. The van der Waals surface area contributed by atoms with E-state index in [1.165, 1.54) is 14.0 Å². The number of pyridine rings is 1. The number of nitrogens with one attached hydrogen (secondary N) is 5. The van der Waals surface area contributed by atoms with Gasteiger partial charge in [-0.3, -0.25) is 24.2 Å². The first-order valence-corrected chi connectivity index (χ1v) is 16.8. The molecular weight excluding hydrogens is 644 g/mol. The molecule has 1 aromatic carbocycles. The van der Waals surface area contributed by atoms with E-state index in [0.29, 0.717) is 0 Å². The number of hydrogen-bond acceptors (Lipinski definition) is 9. The number of aliphatic hydroxyl groups is 1. The van der Waals surface area contributed by atoms with Crippen molar-refractivity contribution < 1.29 is 38.6 Å². The molecule has 0 spiro atoms. The van der Waals surface area contributed by atoms with Crippen LogP contribution in [0.25, 0.3) is 0 Å². The largest absolute Gasteiger partial charge is 0.444 e. The van der Waals surface area contributed by atoms with Gasteiger partial charge in [0.15, 0.2) is 0 Å². The molecule has 0 fully saturated rings. The number of carbonyl (C=O) groups excluding carboxylic acids is 5. The van der Waals surface area contributed by atoms with Crippen LogP contribution >= 0.6 is 0 Å². The van der Waals surface area contributed by atoms with E-state index in [4.69, 9.17) is 9.47 Å². The van der Waals surface area contributed by atoms with Crippen LogP contribution in [0.1, 0.15) is 66.0 Å². The van der Waals surface area contributed by atoms with E-state index in [1.807, 2.05) is 44.2 Å². The molecule has 50 heavy (non-hydrogen) atoms. The molecule has 2 aromatic rings. The minimum Gasteiger partial charge on any atom is -0.444 e. The highest BCUT2D eigenvalue weighted by atomic mass is 16.6. The molecule has 5 amide bonds. The Labute approximate surface area is 294 Å². The number of nitrogens with zero attached hydrogens (tertiary/aromatic N) is 1. The van der Waals surface area contributed by atoms with Crippen molar-refractivity contribution in [3.63, 3.8) is 0 Å². The van der Waals surface area contributed by atoms with Crippen LogP contribution in [0.2, 0.25) is 0 Å². The average molecular weight is 699 g/mol. The predicted molar refractivity (Wildman–Crippen MR) is 187 cm³/mol. The summed E-state index contributed by atoms with van der Waals surface area (Å²) < 4.78 is 10.3. The minimum atomic E-state index is -1.17. The highest BCUT2D eigenvalue weighted by Crippen LogP contribution is 2.16. The zero-order valence-corrected chi connectivity index (χ0v) is 30.3. The molecule has 1 aromatic heterocycles. The maximum atomic E-state index is 13.3. The van der Waals surface area contributed by atoms with E-state index in [9.17, 15) is 29.1 Å². The number of rotatable bonds is 18. The number of hydrogen-bond donors (Lipinski definition) is 6. The third-order valence-corrected chi connectivity index (χ3v) is 7.69. The summed E-state index contributed by atoms with van der Waals surface area (Å²) in [5.74, 6) is -2.95. The molecule has 14 nitrogen and oxygen atoms in total. The molecule has 6 atom stereocenters. The van der Waals surface area contributed by atoms with Crippen LogP contribution in [-0.4, -0.2) is 89.4 Å². The summed E-state index contributed by atoms with van der Waals surface area (Å²) in [5, 5.41) is 24.9. The van der Waals surface area contributed by atoms with Gasteiger partial charge in [-0.1, -0.05) is 51.1 Å². The van der Waals surface area contributed by atoms with Gasteiger partial charge in [-0.25, -0.2) is 4.79 Å². The molecular formula is C36H54N6O8. The monoisotopic (exact) mass is 698 g/mol. The molecule has 2 rings (SSSR count). The topological polar surface area (TPSA) is 197 Å². The van der Waals surface area contributed by atoms with Crippen LogP contribution in [0.3, 0.4) is 0 Å². The molecule has 14 heteroatoms. The molecule has 276 valence electrons. The van der Waals surface area contributed by atoms with Crippen molar-refractivity contribution in [2.75, 3.05) is 13.7 Å². The summed E-state index contributed by atoms with van der Waals surface area (Å²) >= 11 is 0. The number of methoxy groups -OCH3 is 1. The van der Waals surface area contributed by atoms with Gasteiger partial charge in [0.05, 0.1) is 18.8 Å². The van der Waals surface area contributed by atoms with E-state index in [0.717, 1.165) is 11.1 Å². The van der Waals surface area contributed by atoms with Crippen molar-refractivity contribution >= 4 is 29.7 Å². The van der Waals surface area contributed by atoms with Crippen LogP contribution in [0.5, 0.6) is 0 Å². The van der Waals surface area contributed by atoms with E-state index in [2.05, 4.69) is 31.6 Å². The number of aromatic nitrogens is 1. The standard InChI is InChI=1S/C36H54N6O8/c1-22(2)30(34(47)38-20-26-14-16-37-17-15-26)42-31(44)23(3)18-29(43)27(19-25-12-10-9-11-13-25)40-32(45)24(4)39-33(46)28(21-49-8)41-35(48)50-36(5,6)7/h9-17,22-24,27-30,43H,18-21H2,1-8H3,(H,38,47)(H,39,46)(H,40,45)(H,41,48)(H,42,44)/t23-,24+,27+,28+,29+,30+/m1/s1. The number of alkyl carbamates (subject to hydrolysis) is 1. The average Bonchev–Trinajstić information content (AvgIpc) is 3.05. The smallest absolute Gasteiger partial charge is 0.408 e. The fourth-order valence-corrected chi connectivity index (χ4v) is 4.90. The van der Waals surface area contributed by atoms with Crippen LogP contribution in [-0.2, 0) is 41.6 Å². The van der Waals surface area contributed by atoms with Gasteiger partial charge in [-0.05, 0) is 69.7 Å². The Kier molecular flexibility index (Phi) is 16.8. The first kappa shape index (κ1) is 41.6. The highest BCUT2D eigenvalue weighted by Gasteiger charge is 2.32. The van der Waals surface area contributed by atoms with Gasteiger partial charge in [-0.15, -0.1) is 0 Å². The molecule has 0 bridgehead atoms. The van der Waals surface area contributed by atoms with Gasteiger partial charge in [-0.2, -0.15) is 0 Å². The van der Waals surface area contributed by atoms with Crippen LogP contribution in [0.15, 0.2) is 54.9 Å². The zero-order valence-electron chi connectivity index (χ0n) is 30.3. The lowest BCUT2D eigenvalue weighted by atomic mass is 9.92. The molecule has 0 aliphatic rings. The molecule has 0 saturated heterocycles. The lowest BCUT2D eigenvalue weighted by Crippen LogP contribution is -2.57. The van der Waals surface area contributed by atoms with Crippen molar-refractivity contribution in [2.45, 2.75) is 104 Å². The molecule has 0 aliphatic heterocycles. The summed E-state index contributed by atoms with van der Waals surface area (Å²) in [4.78, 5) is 68.9. The third kappa shape index (κ3) is 14.9. The van der Waals surface area contributed by atoms with Crippen molar-refractivity contribution in [2.24, 2.45) is 11.8 Å². The minimum absolute atomic E-state index is 0.0243. The SMILES string of the molecule is COC[C@H](NC(=O)OC(C)(C)C)C(=O)N[C@@H](C)C(=O)N[C@@H](Cc1ccccc1)[C@@H](O)C[C@@H](C)C(=O)N[C@H](C(=O)NCc1ccncc1)C(C)C. The summed E-state index contributed by atoms with van der Waals surface area (Å²) in [5.41, 5.74) is 0.911. The predicted octanol–water partition coefficient (Wildman–Crippen LogP) is 2.00. The Morgan fingerprint density at radius 2 is 1.44 bits per heavy atom. The highest BCUT2D eigenvalue weighted by molar-refractivity contribution is 5.91. The Bertz CT molecular complexity index is 1390. The second-order valence-corrected chi connectivity index (χ2v) is 13.7. The van der Waals surface area contributed by atoms with Crippen LogP contribution in [0, 0.1) is 11.8 Å². The second kappa shape index (κ2) is 20.2. The van der Waals surface area contributed by atoms with Gasteiger partial charge in [0.25, 0.3) is 0 Å². The van der Waals surface area contributed by atoms with E-state index < -0.39 is 65.6 Å². The summed E-state index contributed by atoms with van der Waals surface area (Å²) in [7, 11) is 1.37. The van der Waals surface area contributed by atoms with Crippen molar-refractivity contribution in [1.82, 2.24) is 31.6 Å². The summed E-state index contributed by atoms with van der Waals surface area (Å²) in [6.45, 7) is 11.9. The zero-order chi connectivity index (χ0) is 37.4. The summed E-state index contributed by atoms with van der Waals surface area (Å²) in [6, 6.07) is 8.94. The van der Waals surface area contributed by atoms with Crippen LogP contribution in [0.4, 0.5) is 4.79 Å². The molecule has 1 heterocycles. The number of aliphatic hydroxyl groups excluding tert-OH is 1. The van der Waals surface area contributed by atoms with Gasteiger partial charge >= 0.3 is 6.09 Å². The van der Waals surface area contributed by atoms with Gasteiger partial charge in [0.1, 0.15) is 23.7 Å². The van der Waals surface area contributed by atoms with Gasteiger partial charge in [0, 0.05) is 32.0 Å². The number of benzene rings is 1. The van der Waals surface area contributed by atoms with Crippen LogP contribution < -0.4 is 26.6 Å². The lowest BCUT2D eigenvalue weighted by Gasteiger charge is -2.29. The molecule has 0 saturated carbocycles. The van der Waals surface area contributed by atoms with Gasteiger partial charge < -0.3 is 41.2 Å². The Morgan fingerprint density at radius 1 is 0.800 bits per heavy atom. The number of amides is 5. The Balaban J connectivity index is 2.09.